The van der Waals surface area contributed by atoms with E-state index in [9.17, 15) is 0 Å². The SMILES string of the molecule is [C-]#[N+]c1cccc2c1ccn2C. The van der Waals surface area contributed by atoms with Gasteiger partial charge in [0.1, 0.15) is 0 Å². The van der Waals surface area contributed by atoms with Crippen molar-refractivity contribution in [2.24, 2.45) is 7.05 Å². The molecule has 0 amide bonds. The number of benzene rings is 1. The van der Waals surface area contributed by atoms with E-state index in [2.05, 4.69) is 4.85 Å². The van der Waals surface area contributed by atoms with Gasteiger partial charge in [-0.15, -0.1) is 0 Å². The summed E-state index contributed by atoms with van der Waals surface area (Å²) in [6.45, 7) is 6.95. The number of rotatable bonds is 0. The van der Waals surface area contributed by atoms with Crippen LogP contribution in [0.25, 0.3) is 15.7 Å². The maximum absolute atomic E-state index is 6.95. The molecule has 0 fully saturated rings. The van der Waals surface area contributed by atoms with E-state index in [1.807, 2.05) is 42.1 Å². The second-order valence-electron chi connectivity index (χ2n) is 2.75. The molecule has 0 spiro atoms. The van der Waals surface area contributed by atoms with E-state index in [1.165, 1.54) is 0 Å². The minimum absolute atomic E-state index is 0.730. The third kappa shape index (κ3) is 0.802. The van der Waals surface area contributed by atoms with Crippen LogP contribution in [0.4, 0.5) is 5.69 Å². The molecule has 0 aliphatic heterocycles. The van der Waals surface area contributed by atoms with E-state index < -0.39 is 0 Å². The number of hydrogen-bond acceptors (Lipinski definition) is 0. The molecule has 1 aromatic heterocycles. The quantitative estimate of drug-likeness (QED) is 0.519. The molecule has 0 unspecified atom stereocenters. The van der Waals surface area contributed by atoms with Crippen LogP contribution < -0.4 is 0 Å². The summed E-state index contributed by atoms with van der Waals surface area (Å²) in [5, 5.41) is 1.04. The molecule has 2 rings (SSSR count). The zero-order valence-corrected chi connectivity index (χ0v) is 6.78. The number of fused-ring (bicyclic) bond motifs is 1. The Kier molecular flexibility index (Phi) is 1.38. The second-order valence-corrected chi connectivity index (χ2v) is 2.75. The number of aryl methyl sites for hydroxylation is 1. The lowest BCUT2D eigenvalue weighted by Crippen LogP contribution is -1.81. The van der Waals surface area contributed by atoms with Crippen LogP contribution in [0.3, 0.4) is 0 Å². The zero-order chi connectivity index (χ0) is 8.55. The highest BCUT2D eigenvalue weighted by Crippen LogP contribution is 2.25. The fourth-order valence-electron chi connectivity index (χ4n) is 1.38. The molecule has 0 N–H and O–H groups in total. The van der Waals surface area contributed by atoms with Gasteiger partial charge >= 0.3 is 0 Å². The van der Waals surface area contributed by atoms with E-state index in [0.717, 1.165) is 16.6 Å². The minimum Gasteiger partial charge on any atom is -0.352 e. The first-order valence-electron chi connectivity index (χ1n) is 3.74. The van der Waals surface area contributed by atoms with E-state index >= 15 is 0 Å². The Labute approximate surface area is 70.9 Å². The molecule has 2 aromatic rings. The van der Waals surface area contributed by atoms with Crippen LogP contribution in [-0.2, 0) is 7.05 Å². The molecule has 0 bridgehead atoms. The molecular weight excluding hydrogens is 148 g/mol. The van der Waals surface area contributed by atoms with Crippen LogP contribution in [0.2, 0.25) is 0 Å². The van der Waals surface area contributed by atoms with Crippen molar-refractivity contribution in [3.63, 3.8) is 0 Å². The number of hydrogen-bond donors (Lipinski definition) is 0. The fourth-order valence-corrected chi connectivity index (χ4v) is 1.38. The Balaban J connectivity index is 2.92. The first kappa shape index (κ1) is 6.93. The average molecular weight is 156 g/mol. The predicted molar refractivity (Wildman–Crippen MR) is 49.2 cm³/mol. The van der Waals surface area contributed by atoms with Gasteiger partial charge in [0.2, 0.25) is 0 Å². The van der Waals surface area contributed by atoms with Crippen molar-refractivity contribution in [1.29, 1.82) is 0 Å². The van der Waals surface area contributed by atoms with Crippen molar-refractivity contribution in [3.05, 3.63) is 41.9 Å². The van der Waals surface area contributed by atoms with Gasteiger partial charge in [-0.1, -0.05) is 12.1 Å². The minimum atomic E-state index is 0.730. The number of aromatic nitrogens is 1. The van der Waals surface area contributed by atoms with Crippen molar-refractivity contribution < 1.29 is 0 Å². The van der Waals surface area contributed by atoms with Crippen molar-refractivity contribution in [2.45, 2.75) is 0 Å². The van der Waals surface area contributed by atoms with Crippen LogP contribution in [0.15, 0.2) is 30.5 Å². The molecule has 2 heteroatoms. The fraction of sp³-hybridized carbons (Fsp3) is 0.100. The summed E-state index contributed by atoms with van der Waals surface area (Å²) in [7, 11) is 1.98. The summed E-state index contributed by atoms with van der Waals surface area (Å²) >= 11 is 0. The van der Waals surface area contributed by atoms with Gasteiger partial charge in [0.15, 0.2) is 5.69 Å². The van der Waals surface area contributed by atoms with Crippen LogP contribution in [0.5, 0.6) is 0 Å². The van der Waals surface area contributed by atoms with E-state index in [1.54, 1.807) is 0 Å². The standard InChI is InChI=1S/C10H8N2/c1-11-9-4-3-5-10-8(9)6-7-12(10)2/h3-7H,2H3. The normalized spacial score (nSPS) is 10.0. The van der Waals surface area contributed by atoms with Crippen LogP contribution >= 0.6 is 0 Å². The highest BCUT2D eigenvalue weighted by atomic mass is 14.9. The zero-order valence-electron chi connectivity index (χ0n) is 6.78. The molecule has 12 heavy (non-hydrogen) atoms. The molecule has 0 saturated heterocycles. The van der Waals surface area contributed by atoms with Crippen molar-refractivity contribution in [3.8, 4) is 0 Å². The predicted octanol–water partition coefficient (Wildman–Crippen LogP) is 2.73. The molecule has 1 heterocycles. The number of nitrogens with zero attached hydrogens (tertiary/aromatic N) is 2. The molecule has 0 aliphatic carbocycles. The topological polar surface area (TPSA) is 9.29 Å². The molecule has 0 saturated carbocycles. The van der Waals surface area contributed by atoms with Crippen molar-refractivity contribution in [2.75, 3.05) is 0 Å². The van der Waals surface area contributed by atoms with E-state index in [4.69, 9.17) is 6.57 Å². The summed E-state index contributed by atoms with van der Waals surface area (Å²) in [4.78, 5) is 3.45. The van der Waals surface area contributed by atoms with Gasteiger partial charge in [-0.25, -0.2) is 4.85 Å². The second kappa shape index (κ2) is 2.38. The third-order valence-corrected chi connectivity index (χ3v) is 2.03. The summed E-state index contributed by atoms with van der Waals surface area (Å²) in [6.07, 6.45) is 1.97. The molecule has 0 aliphatic rings. The highest BCUT2D eigenvalue weighted by Gasteiger charge is 2.01. The van der Waals surface area contributed by atoms with E-state index in [-0.39, 0.29) is 0 Å². The molecule has 2 nitrogen and oxygen atoms in total. The summed E-state index contributed by atoms with van der Waals surface area (Å²) in [5.41, 5.74) is 1.84. The van der Waals surface area contributed by atoms with Gasteiger partial charge in [-0.2, -0.15) is 0 Å². The highest BCUT2D eigenvalue weighted by molar-refractivity contribution is 5.92. The van der Waals surface area contributed by atoms with Gasteiger partial charge in [0.05, 0.1) is 6.57 Å². The van der Waals surface area contributed by atoms with Crippen LogP contribution in [-0.4, -0.2) is 4.57 Å². The molecule has 58 valence electrons. The largest absolute Gasteiger partial charge is 0.352 e. The van der Waals surface area contributed by atoms with Crippen LogP contribution in [0, 0.1) is 6.57 Å². The van der Waals surface area contributed by atoms with Gasteiger partial charge < -0.3 is 4.57 Å². The maximum atomic E-state index is 6.95. The van der Waals surface area contributed by atoms with Crippen LogP contribution in [0.1, 0.15) is 0 Å². The Morgan fingerprint density at radius 3 is 2.92 bits per heavy atom. The Hall–Kier alpha value is -1.75. The van der Waals surface area contributed by atoms with Crippen molar-refractivity contribution in [1.82, 2.24) is 4.57 Å². The first-order valence-corrected chi connectivity index (χ1v) is 3.74. The molecule has 0 radical (unpaired) electrons. The molecule has 0 atom stereocenters. The first-order chi connectivity index (χ1) is 5.83. The van der Waals surface area contributed by atoms with Crippen molar-refractivity contribution >= 4 is 16.6 Å². The maximum Gasteiger partial charge on any atom is 0.196 e. The van der Waals surface area contributed by atoms with Gasteiger partial charge in [-0.3, -0.25) is 0 Å². The lowest BCUT2D eigenvalue weighted by atomic mass is 10.2. The van der Waals surface area contributed by atoms with E-state index in [0.29, 0.717) is 0 Å². The van der Waals surface area contributed by atoms with Gasteiger partial charge in [0, 0.05) is 24.1 Å². The summed E-state index contributed by atoms with van der Waals surface area (Å²) < 4.78 is 2.02. The smallest absolute Gasteiger partial charge is 0.196 e. The lowest BCUT2D eigenvalue weighted by Gasteiger charge is -1.95. The summed E-state index contributed by atoms with van der Waals surface area (Å²) in [5.74, 6) is 0. The molecule has 1 aromatic carbocycles. The Bertz CT molecular complexity index is 460. The van der Waals surface area contributed by atoms with Gasteiger partial charge in [-0.05, 0) is 12.1 Å². The molecular formula is C10H8N2. The Morgan fingerprint density at radius 2 is 2.17 bits per heavy atom. The monoisotopic (exact) mass is 156 g/mol. The lowest BCUT2D eigenvalue weighted by molar-refractivity contribution is 0.969. The average Bonchev–Trinajstić information content (AvgIpc) is 2.48. The van der Waals surface area contributed by atoms with Gasteiger partial charge in [0.25, 0.3) is 0 Å². The Morgan fingerprint density at radius 1 is 1.33 bits per heavy atom. The summed E-state index contributed by atoms with van der Waals surface area (Å²) in [6, 6.07) is 7.75. The third-order valence-electron chi connectivity index (χ3n) is 2.03.